The molecule has 0 saturated heterocycles. The van der Waals surface area contributed by atoms with Gasteiger partial charge in [-0.1, -0.05) is 30.3 Å². The molecule has 0 amide bonds. The Morgan fingerprint density at radius 1 is 1.00 bits per heavy atom. The van der Waals surface area contributed by atoms with Crippen molar-refractivity contribution in [3.63, 3.8) is 0 Å². The maximum Gasteiger partial charge on any atom is 0.488 e. The van der Waals surface area contributed by atoms with Gasteiger partial charge >= 0.3 is 7.12 Å². The molecule has 0 saturated carbocycles. The van der Waals surface area contributed by atoms with Gasteiger partial charge in [-0.05, 0) is 23.7 Å². The summed E-state index contributed by atoms with van der Waals surface area (Å²) in [5.41, 5.74) is 0.864. The smallest absolute Gasteiger partial charge is 0.488 e. The van der Waals surface area contributed by atoms with E-state index < -0.39 is 7.12 Å². The van der Waals surface area contributed by atoms with Gasteiger partial charge in [0.25, 0.3) is 0 Å². The largest absolute Gasteiger partial charge is 0.491 e. The second-order valence-electron chi connectivity index (χ2n) is 4.44. The van der Waals surface area contributed by atoms with Crippen LogP contribution < -0.4 is 10.2 Å². The van der Waals surface area contributed by atoms with Crippen LogP contribution >= 0.6 is 0 Å². The van der Waals surface area contributed by atoms with Crippen molar-refractivity contribution in [1.82, 2.24) is 0 Å². The lowest BCUT2D eigenvalue weighted by Gasteiger charge is -2.09. The minimum atomic E-state index is -1.52. The van der Waals surface area contributed by atoms with Crippen molar-refractivity contribution in [3.05, 3.63) is 59.9 Å². The summed E-state index contributed by atoms with van der Waals surface area (Å²) in [5.74, 6) is 0.234. The number of ether oxygens (including phenoxy) is 2. The summed E-state index contributed by atoms with van der Waals surface area (Å²) in [6.45, 7) is 0.783. The normalized spacial score (nSPS) is 10.4. The average Bonchev–Trinajstić information content (AvgIpc) is 2.49. The zero-order valence-corrected chi connectivity index (χ0v) is 11.4. The summed E-state index contributed by atoms with van der Waals surface area (Å²) in [7, 11) is -1.52. The molecule has 0 aliphatic rings. The fraction of sp³-hybridized carbons (Fsp3) is 0.200. The molecule has 21 heavy (non-hydrogen) atoms. The second-order valence-corrected chi connectivity index (χ2v) is 4.44. The number of hydrogen-bond acceptors (Lipinski definition) is 4. The molecule has 4 nitrogen and oxygen atoms in total. The topological polar surface area (TPSA) is 58.9 Å². The van der Waals surface area contributed by atoms with Gasteiger partial charge < -0.3 is 19.5 Å². The van der Waals surface area contributed by atoms with Crippen molar-refractivity contribution >= 4 is 12.6 Å². The van der Waals surface area contributed by atoms with E-state index in [4.69, 9.17) is 19.5 Å². The minimum absolute atomic E-state index is 0.186. The third kappa shape index (κ3) is 4.86. The zero-order chi connectivity index (χ0) is 15.1. The molecule has 110 valence electrons. The van der Waals surface area contributed by atoms with Gasteiger partial charge in [-0.2, -0.15) is 0 Å². The van der Waals surface area contributed by atoms with E-state index in [1.807, 2.05) is 0 Å². The first-order chi connectivity index (χ1) is 10.2. The summed E-state index contributed by atoms with van der Waals surface area (Å²) >= 11 is 0. The molecule has 0 unspecified atom stereocenters. The molecule has 0 atom stereocenters. The summed E-state index contributed by atoms with van der Waals surface area (Å²) in [4.78, 5) is 0. The third-order valence-corrected chi connectivity index (χ3v) is 2.87. The molecule has 2 aromatic rings. The summed E-state index contributed by atoms with van der Waals surface area (Å²) in [6.07, 6.45) is 0. The Bertz CT molecular complexity index is 577. The van der Waals surface area contributed by atoms with Crippen LogP contribution in [-0.4, -0.2) is 30.4 Å². The maximum atomic E-state index is 13.3. The van der Waals surface area contributed by atoms with Gasteiger partial charge in [0, 0.05) is 5.56 Å². The van der Waals surface area contributed by atoms with Crippen molar-refractivity contribution in [2.45, 2.75) is 6.61 Å². The van der Waals surface area contributed by atoms with Gasteiger partial charge in [-0.3, -0.25) is 0 Å². The van der Waals surface area contributed by atoms with Crippen molar-refractivity contribution in [2.75, 3.05) is 13.2 Å². The average molecular weight is 290 g/mol. The first-order valence-electron chi connectivity index (χ1n) is 6.57. The Kier molecular flexibility index (Phi) is 5.74. The molecule has 0 fully saturated rings. The highest BCUT2D eigenvalue weighted by Gasteiger charge is 2.10. The highest BCUT2D eigenvalue weighted by atomic mass is 19.1. The molecule has 2 N–H and O–H groups in total. The lowest BCUT2D eigenvalue weighted by molar-refractivity contribution is 0.0872. The van der Waals surface area contributed by atoms with Crippen molar-refractivity contribution in [3.8, 4) is 5.75 Å². The maximum absolute atomic E-state index is 13.3. The van der Waals surface area contributed by atoms with Crippen LogP contribution in [0.4, 0.5) is 4.39 Å². The zero-order valence-electron chi connectivity index (χ0n) is 11.4. The van der Waals surface area contributed by atoms with Gasteiger partial charge in [0.05, 0.1) is 13.2 Å². The monoisotopic (exact) mass is 290 g/mol. The molecule has 0 spiro atoms. The number of rotatable bonds is 7. The fourth-order valence-electron chi connectivity index (χ4n) is 1.78. The Labute approximate surface area is 122 Å². The second kappa shape index (κ2) is 7.78. The Hall–Kier alpha value is -1.89. The number of halogens is 1. The Morgan fingerprint density at radius 2 is 1.81 bits per heavy atom. The quantitative estimate of drug-likeness (QED) is 0.592. The molecular formula is C15H16BFO4. The number of benzene rings is 2. The van der Waals surface area contributed by atoms with Gasteiger partial charge in [0.1, 0.15) is 18.2 Å². The van der Waals surface area contributed by atoms with E-state index in [0.717, 1.165) is 0 Å². The van der Waals surface area contributed by atoms with Gasteiger partial charge in [0.15, 0.2) is 0 Å². The number of hydrogen-bond donors (Lipinski definition) is 2. The van der Waals surface area contributed by atoms with Crippen LogP contribution in [0, 0.1) is 5.82 Å². The van der Waals surface area contributed by atoms with Crippen molar-refractivity contribution in [2.24, 2.45) is 0 Å². The van der Waals surface area contributed by atoms with Gasteiger partial charge in [-0.25, -0.2) is 4.39 Å². The predicted molar refractivity (Wildman–Crippen MR) is 77.8 cm³/mol. The van der Waals surface area contributed by atoms with Crippen molar-refractivity contribution < 1.29 is 23.9 Å². The Morgan fingerprint density at radius 3 is 2.57 bits per heavy atom. The molecule has 0 aliphatic carbocycles. The van der Waals surface area contributed by atoms with Crippen molar-refractivity contribution in [1.29, 1.82) is 0 Å². The van der Waals surface area contributed by atoms with Crippen LogP contribution in [0.1, 0.15) is 5.56 Å². The molecule has 0 bridgehead atoms. The van der Waals surface area contributed by atoms with Gasteiger partial charge in [0.2, 0.25) is 0 Å². The molecule has 2 aromatic carbocycles. The van der Waals surface area contributed by atoms with Gasteiger partial charge in [-0.15, -0.1) is 0 Å². The highest BCUT2D eigenvalue weighted by molar-refractivity contribution is 6.58. The lowest BCUT2D eigenvalue weighted by atomic mass is 9.80. The van der Waals surface area contributed by atoms with Crippen LogP contribution in [0.5, 0.6) is 5.75 Å². The molecular weight excluding hydrogens is 274 g/mol. The molecule has 6 heteroatoms. The lowest BCUT2D eigenvalue weighted by Crippen LogP contribution is -2.29. The molecule has 0 aromatic heterocycles. The van der Waals surface area contributed by atoms with Crippen LogP contribution in [0.3, 0.4) is 0 Å². The van der Waals surface area contributed by atoms with Crippen LogP contribution in [-0.2, 0) is 11.3 Å². The summed E-state index contributed by atoms with van der Waals surface area (Å²) < 4.78 is 24.1. The first kappa shape index (κ1) is 15.5. The van der Waals surface area contributed by atoms with E-state index >= 15 is 0 Å². The third-order valence-electron chi connectivity index (χ3n) is 2.87. The molecule has 2 rings (SSSR count). The van der Waals surface area contributed by atoms with E-state index in [-0.39, 0.29) is 12.4 Å². The Balaban J connectivity index is 1.73. The fourth-order valence-corrected chi connectivity index (χ4v) is 1.78. The van der Waals surface area contributed by atoms with E-state index in [1.165, 1.54) is 6.07 Å². The van der Waals surface area contributed by atoms with E-state index in [0.29, 0.717) is 30.0 Å². The van der Waals surface area contributed by atoms with Crippen LogP contribution in [0.2, 0.25) is 0 Å². The molecule has 0 aliphatic heterocycles. The molecule has 0 heterocycles. The SMILES string of the molecule is OB(O)c1cccc(OCCOCc2ccccc2F)c1. The standard InChI is InChI=1S/C15H16BFO4/c17-15-7-2-1-4-12(15)11-20-8-9-21-14-6-3-5-13(10-14)16(18)19/h1-7,10,18-19H,8-9,11H2. The minimum Gasteiger partial charge on any atom is -0.491 e. The summed E-state index contributed by atoms with van der Waals surface area (Å²) in [6, 6.07) is 13.0. The van der Waals surface area contributed by atoms with Crippen LogP contribution in [0.15, 0.2) is 48.5 Å². The highest BCUT2D eigenvalue weighted by Crippen LogP contribution is 2.09. The molecule has 0 radical (unpaired) electrons. The van der Waals surface area contributed by atoms with E-state index in [2.05, 4.69) is 0 Å². The predicted octanol–water partition coefficient (Wildman–Crippen LogP) is 1.10. The summed E-state index contributed by atoms with van der Waals surface area (Å²) in [5, 5.41) is 18.1. The van der Waals surface area contributed by atoms with Crippen LogP contribution in [0.25, 0.3) is 0 Å². The van der Waals surface area contributed by atoms with E-state index in [9.17, 15) is 4.39 Å². The first-order valence-corrected chi connectivity index (χ1v) is 6.57. The van der Waals surface area contributed by atoms with E-state index in [1.54, 1.807) is 42.5 Å².